The number of carboxylic acids is 1. The van der Waals surface area contributed by atoms with E-state index in [9.17, 15) is 22.4 Å². The molecule has 0 aliphatic heterocycles. The van der Waals surface area contributed by atoms with Gasteiger partial charge in [0.15, 0.2) is 0 Å². The molecule has 0 saturated heterocycles. The molecule has 1 rings (SSSR count). The van der Waals surface area contributed by atoms with Crippen LogP contribution in [0.2, 0.25) is 0 Å². The predicted molar refractivity (Wildman–Crippen MR) is 65.0 cm³/mol. The van der Waals surface area contributed by atoms with Crippen LogP contribution in [0.25, 0.3) is 0 Å². The monoisotopic (exact) mass is 293 g/mol. The zero-order chi connectivity index (χ0) is 15.5. The van der Waals surface area contributed by atoms with E-state index in [1.54, 1.807) is 13.8 Å². The van der Waals surface area contributed by atoms with E-state index in [4.69, 9.17) is 5.11 Å². The lowest BCUT2D eigenvalue weighted by atomic mass is 10.1. The highest BCUT2D eigenvalue weighted by Gasteiger charge is 2.32. The number of halogens is 4. The maximum atomic E-state index is 13.0. The third-order valence-electron chi connectivity index (χ3n) is 2.79. The molecule has 112 valence electrons. The molecule has 0 unspecified atom stereocenters. The topological polar surface area (TPSA) is 40.5 Å². The molecule has 0 spiro atoms. The second-order valence-electron chi connectivity index (χ2n) is 4.72. The van der Waals surface area contributed by atoms with Crippen molar-refractivity contribution in [1.29, 1.82) is 0 Å². The Hall–Kier alpha value is -1.63. The van der Waals surface area contributed by atoms with Crippen LogP contribution in [0.4, 0.5) is 17.6 Å². The van der Waals surface area contributed by atoms with Gasteiger partial charge in [-0.25, -0.2) is 9.18 Å². The smallest absolute Gasteiger partial charge is 0.401 e. The van der Waals surface area contributed by atoms with Crippen LogP contribution in [-0.4, -0.2) is 34.7 Å². The molecular weight excluding hydrogens is 278 g/mol. The molecule has 0 bridgehead atoms. The van der Waals surface area contributed by atoms with Crippen molar-refractivity contribution < 1.29 is 27.5 Å². The van der Waals surface area contributed by atoms with E-state index in [0.717, 1.165) is 17.0 Å². The van der Waals surface area contributed by atoms with Gasteiger partial charge in [0.05, 0.1) is 12.1 Å². The molecular formula is C13H15F4NO2. The van der Waals surface area contributed by atoms with E-state index >= 15 is 0 Å². The fraction of sp³-hybridized carbons (Fsp3) is 0.462. The Morgan fingerprint density at radius 2 is 1.95 bits per heavy atom. The molecule has 1 aromatic rings. The summed E-state index contributed by atoms with van der Waals surface area (Å²) in [5.74, 6) is -2.10. The van der Waals surface area contributed by atoms with Gasteiger partial charge in [-0.3, -0.25) is 4.90 Å². The Kier molecular flexibility index (Phi) is 5.10. The largest absolute Gasteiger partial charge is 0.478 e. The first-order valence-electron chi connectivity index (χ1n) is 5.92. The van der Waals surface area contributed by atoms with Crippen molar-refractivity contribution in [2.24, 2.45) is 0 Å². The van der Waals surface area contributed by atoms with Crippen molar-refractivity contribution >= 4 is 5.97 Å². The molecule has 3 nitrogen and oxygen atoms in total. The summed E-state index contributed by atoms with van der Waals surface area (Å²) in [6.07, 6.45) is -4.38. The van der Waals surface area contributed by atoms with Crippen LogP contribution in [-0.2, 0) is 6.54 Å². The van der Waals surface area contributed by atoms with E-state index in [0.29, 0.717) is 0 Å². The molecule has 0 amide bonds. The van der Waals surface area contributed by atoms with Gasteiger partial charge in [-0.2, -0.15) is 13.2 Å². The maximum Gasteiger partial charge on any atom is 0.401 e. The molecule has 0 aromatic heterocycles. The third kappa shape index (κ3) is 4.80. The van der Waals surface area contributed by atoms with Gasteiger partial charge < -0.3 is 5.11 Å². The van der Waals surface area contributed by atoms with E-state index in [1.807, 2.05) is 0 Å². The second-order valence-corrected chi connectivity index (χ2v) is 4.72. The van der Waals surface area contributed by atoms with E-state index in [-0.39, 0.29) is 17.7 Å². The molecule has 0 heterocycles. The Bertz CT molecular complexity index is 486. The lowest BCUT2D eigenvalue weighted by molar-refractivity contribution is -0.150. The maximum absolute atomic E-state index is 13.0. The van der Waals surface area contributed by atoms with E-state index in [2.05, 4.69) is 0 Å². The van der Waals surface area contributed by atoms with Gasteiger partial charge in [0.2, 0.25) is 0 Å². The molecule has 20 heavy (non-hydrogen) atoms. The minimum Gasteiger partial charge on any atom is -0.478 e. The fourth-order valence-electron chi connectivity index (χ4n) is 1.76. The fourth-order valence-corrected chi connectivity index (χ4v) is 1.76. The molecule has 0 aliphatic carbocycles. The summed E-state index contributed by atoms with van der Waals surface area (Å²) < 4.78 is 50.4. The van der Waals surface area contributed by atoms with Gasteiger partial charge >= 0.3 is 12.1 Å². The molecule has 1 N–H and O–H groups in total. The normalized spacial score (nSPS) is 12.2. The number of aromatic carboxylic acids is 1. The highest BCUT2D eigenvalue weighted by molar-refractivity contribution is 5.89. The van der Waals surface area contributed by atoms with Crippen molar-refractivity contribution in [3.05, 3.63) is 35.1 Å². The van der Waals surface area contributed by atoms with Gasteiger partial charge in [0, 0.05) is 12.6 Å². The van der Waals surface area contributed by atoms with Crippen LogP contribution in [0.3, 0.4) is 0 Å². The lowest BCUT2D eigenvalue weighted by Crippen LogP contribution is -2.38. The Balaban J connectivity index is 3.02. The van der Waals surface area contributed by atoms with E-state index in [1.165, 1.54) is 6.07 Å². The summed E-state index contributed by atoms with van der Waals surface area (Å²) in [6, 6.07) is 2.62. The number of benzene rings is 1. The van der Waals surface area contributed by atoms with Crippen molar-refractivity contribution in [3.8, 4) is 0 Å². The number of carbonyl (C=O) groups is 1. The Morgan fingerprint density at radius 3 is 2.40 bits per heavy atom. The van der Waals surface area contributed by atoms with Crippen molar-refractivity contribution in [2.45, 2.75) is 32.6 Å². The quantitative estimate of drug-likeness (QED) is 0.847. The average Bonchev–Trinajstić information content (AvgIpc) is 2.28. The molecule has 0 fully saturated rings. The third-order valence-corrected chi connectivity index (χ3v) is 2.79. The first-order valence-corrected chi connectivity index (χ1v) is 5.92. The number of rotatable bonds is 5. The summed E-state index contributed by atoms with van der Waals surface area (Å²) in [7, 11) is 0. The summed E-state index contributed by atoms with van der Waals surface area (Å²) in [6.45, 7) is 1.80. The zero-order valence-corrected chi connectivity index (χ0v) is 11.0. The number of alkyl halides is 3. The summed E-state index contributed by atoms with van der Waals surface area (Å²) in [5, 5.41) is 8.97. The van der Waals surface area contributed by atoms with Crippen LogP contribution in [0.1, 0.15) is 29.8 Å². The molecule has 0 atom stereocenters. The van der Waals surface area contributed by atoms with Crippen molar-refractivity contribution in [1.82, 2.24) is 4.90 Å². The second kappa shape index (κ2) is 6.21. The minimum absolute atomic E-state index is 0.150. The first-order chi connectivity index (χ1) is 9.10. The van der Waals surface area contributed by atoms with Crippen LogP contribution in [0.5, 0.6) is 0 Å². The Morgan fingerprint density at radius 1 is 1.35 bits per heavy atom. The average molecular weight is 293 g/mol. The SMILES string of the molecule is CC(C)N(Cc1ccc(F)cc1C(=O)O)CC(F)(F)F. The van der Waals surface area contributed by atoms with Crippen LogP contribution >= 0.6 is 0 Å². The van der Waals surface area contributed by atoms with Crippen molar-refractivity contribution in [3.63, 3.8) is 0 Å². The molecule has 1 aromatic carbocycles. The first kappa shape index (κ1) is 16.4. The van der Waals surface area contributed by atoms with Crippen LogP contribution in [0.15, 0.2) is 18.2 Å². The standard InChI is InChI=1S/C13H15F4NO2/c1-8(2)18(7-13(15,16)17)6-9-3-4-10(14)5-11(9)12(19)20/h3-5,8H,6-7H2,1-2H3,(H,19,20). The lowest BCUT2D eigenvalue weighted by Gasteiger charge is -2.28. The van der Waals surface area contributed by atoms with Crippen LogP contribution < -0.4 is 0 Å². The van der Waals surface area contributed by atoms with Gasteiger partial charge in [-0.05, 0) is 31.5 Å². The molecule has 7 heteroatoms. The summed E-state index contributed by atoms with van der Waals surface area (Å²) in [4.78, 5) is 12.1. The Labute approximate surface area is 113 Å². The van der Waals surface area contributed by atoms with Gasteiger partial charge in [0.25, 0.3) is 0 Å². The molecule has 0 radical (unpaired) electrons. The zero-order valence-electron chi connectivity index (χ0n) is 11.0. The summed E-state index contributed by atoms with van der Waals surface area (Å²) >= 11 is 0. The van der Waals surface area contributed by atoms with E-state index < -0.39 is 30.5 Å². The molecule has 0 aliphatic rings. The van der Waals surface area contributed by atoms with Gasteiger partial charge in [-0.15, -0.1) is 0 Å². The summed E-state index contributed by atoms with van der Waals surface area (Å²) in [5.41, 5.74) is -0.172. The number of nitrogens with zero attached hydrogens (tertiary/aromatic N) is 1. The minimum atomic E-state index is -4.38. The number of hydrogen-bond donors (Lipinski definition) is 1. The van der Waals surface area contributed by atoms with Gasteiger partial charge in [0.1, 0.15) is 5.82 Å². The predicted octanol–water partition coefficient (Wildman–Crippen LogP) is 3.30. The molecule has 0 saturated carbocycles. The number of hydrogen-bond acceptors (Lipinski definition) is 2. The van der Waals surface area contributed by atoms with Crippen LogP contribution in [0, 0.1) is 5.82 Å². The highest BCUT2D eigenvalue weighted by atomic mass is 19.4. The van der Waals surface area contributed by atoms with Gasteiger partial charge in [-0.1, -0.05) is 6.07 Å². The van der Waals surface area contributed by atoms with Crippen molar-refractivity contribution in [2.75, 3.05) is 6.54 Å². The number of carboxylic acid groups (broad SMARTS) is 1. The highest BCUT2D eigenvalue weighted by Crippen LogP contribution is 2.21.